The van der Waals surface area contributed by atoms with E-state index in [1.165, 1.54) is 19.3 Å². The Balaban J connectivity index is 1.27. The van der Waals surface area contributed by atoms with E-state index in [9.17, 15) is 14.4 Å². The standard InChI is InChI=1S/C33H46N4O4/c1-21-10-8-12-24(20-21)34-30(38)27-26-14-15-33(41-26)28(27)32(40)37(19-18-36-16-6-4-5-7-17-36)29(33)31(39)35-25-13-9-11-22(2)23(25)3/h8,10,12,14-15,20,22-23,25-29H,4-7,9,11,13,16-19H2,1-3H3,(H,34,38)(H,35,39)/t22-,23-,25-,26+,27-,28+,29+,33+/m1/s1. The van der Waals surface area contributed by atoms with Gasteiger partial charge >= 0.3 is 0 Å². The summed E-state index contributed by atoms with van der Waals surface area (Å²) in [6, 6.07) is 6.96. The average molecular weight is 563 g/mol. The minimum Gasteiger partial charge on any atom is -0.359 e. The number of nitrogens with zero attached hydrogens (tertiary/aromatic N) is 2. The van der Waals surface area contributed by atoms with Gasteiger partial charge in [0.25, 0.3) is 0 Å². The number of carbonyl (C=O) groups is 3. The predicted molar refractivity (Wildman–Crippen MR) is 158 cm³/mol. The highest BCUT2D eigenvalue weighted by Gasteiger charge is 2.72. The summed E-state index contributed by atoms with van der Waals surface area (Å²) < 4.78 is 6.55. The Labute approximate surface area is 244 Å². The molecule has 41 heavy (non-hydrogen) atoms. The first-order chi connectivity index (χ1) is 19.8. The molecule has 222 valence electrons. The number of fused-ring (bicyclic) bond motifs is 1. The number of hydrogen-bond acceptors (Lipinski definition) is 5. The molecule has 4 fully saturated rings. The minimum atomic E-state index is -1.12. The summed E-state index contributed by atoms with van der Waals surface area (Å²) in [6.45, 7) is 9.67. The summed E-state index contributed by atoms with van der Waals surface area (Å²) in [4.78, 5) is 46.4. The molecule has 1 spiro atoms. The molecular weight excluding hydrogens is 516 g/mol. The quantitative estimate of drug-likeness (QED) is 0.492. The van der Waals surface area contributed by atoms with Gasteiger partial charge in [0.05, 0.1) is 17.9 Å². The number of amides is 3. The third-order valence-corrected chi connectivity index (χ3v) is 10.6. The van der Waals surface area contributed by atoms with Crippen LogP contribution in [-0.4, -0.2) is 77.5 Å². The Hall–Kier alpha value is -2.71. The zero-order valence-electron chi connectivity index (χ0n) is 24.8. The third-order valence-electron chi connectivity index (χ3n) is 10.6. The summed E-state index contributed by atoms with van der Waals surface area (Å²) in [5.41, 5.74) is 0.625. The van der Waals surface area contributed by atoms with E-state index in [0.29, 0.717) is 24.1 Å². The first kappa shape index (κ1) is 28.4. The molecule has 0 aromatic heterocycles. The molecule has 5 aliphatic rings. The predicted octanol–water partition coefficient (Wildman–Crippen LogP) is 3.90. The van der Waals surface area contributed by atoms with Crippen molar-refractivity contribution in [3.8, 4) is 0 Å². The summed E-state index contributed by atoms with van der Waals surface area (Å²) in [5, 5.41) is 6.39. The van der Waals surface area contributed by atoms with Crippen LogP contribution in [0.3, 0.4) is 0 Å². The maximum Gasteiger partial charge on any atom is 0.246 e. The highest BCUT2D eigenvalue weighted by Crippen LogP contribution is 2.55. The number of rotatable bonds is 7. The van der Waals surface area contributed by atoms with E-state index < -0.39 is 29.6 Å². The molecule has 2 N–H and O–H groups in total. The summed E-state index contributed by atoms with van der Waals surface area (Å²) in [7, 11) is 0. The average Bonchev–Trinajstić information content (AvgIpc) is 3.49. The number of benzene rings is 1. The Morgan fingerprint density at radius 1 is 1.02 bits per heavy atom. The van der Waals surface area contributed by atoms with Crippen LogP contribution in [0.2, 0.25) is 0 Å². The number of nitrogens with one attached hydrogen (secondary N) is 2. The van der Waals surface area contributed by atoms with Crippen LogP contribution >= 0.6 is 0 Å². The zero-order valence-corrected chi connectivity index (χ0v) is 24.8. The molecule has 1 aromatic carbocycles. The fourth-order valence-corrected chi connectivity index (χ4v) is 8.11. The van der Waals surface area contributed by atoms with Crippen LogP contribution in [0.15, 0.2) is 36.4 Å². The van der Waals surface area contributed by atoms with Crippen molar-refractivity contribution in [2.45, 2.75) is 89.5 Å². The lowest BCUT2D eigenvalue weighted by molar-refractivity contribution is -0.141. The second-order valence-corrected chi connectivity index (χ2v) is 13.2. The fraction of sp³-hybridized carbons (Fsp3) is 0.667. The second-order valence-electron chi connectivity index (χ2n) is 13.2. The Bertz CT molecular complexity index is 1190. The van der Waals surface area contributed by atoms with E-state index in [0.717, 1.165) is 50.9 Å². The molecule has 6 rings (SSSR count). The van der Waals surface area contributed by atoms with E-state index in [1.54, 1.807) is 4.90 Å². The van der Waals surface area contributed by atoms with Crippen molar-refractivity contribution in [3.05, 3.63) is 42.0 Å². The highest BCUT2D eigenvalue weighted by molar-refractivity contribution is 6.02. The lowest BCUT2D eigenvalue weighted by atomic mass is 9.73. The minimum absolute atomic E-state index is 0.0762. The van der Waals surface area contributed by atoms with Gasteiger partial charge in [-0.05, 0) is 68.8 Å². The van der Waals surface area contributed by atoms with Gasteiger partial charge in [-0.15, -0.1) is 0 Å². The van der Waals surface area contributed by atoms with Gasteiger partial charge in [0.15, 0.2) is 0 Å². The van der Waals surface area contributed by atoms with E-state index in [4.69, 9.17) is 4.74 Å². The lowest BCUT2D eigenvalue weighted by Gasteiger charge is -2.38. The molecule has 1 aromatic rings. The van der Waals surface area contributed by atoms with E-state index in [1.807, 2.05) is 43.3 Å². The number of anilines is 1. The van der Waals surface area contributed by atoms with Gasteiger partial charge in [-0.3, -0.25) is 14.4 Å². The van der Waals surface area contributed by atoms with Gasteiger partial charge in [-0.1, -0.05) is 63.8 Å². The normalized spacial score (nSPS) is 36.7. The van der Waals surface area contributed by atoms with Crippen molar-refractivity contribution >= 4 is 23.4 Å². The second kappa shape index (κ2) is 11.5. The maximum absolute atomic E-state index is 14.3. The van der Waals surface area contributed by atoms with Crippen LogP contribution < -0.4 is 10.6 Å². The van der Waals surface area contributed by atoms with Gasteiger partial charge in [0.1, 0.15) is 11.6 Å². The van der Waals surface area contributed by atoms with Crippen LogP contribution in [0.4, 0.5) is 5.69 Å². The maximum atomic E-state index is 14.3. The first-order valence-electron chi connectivity index (χ1n) is 15.9. The SMILES string of the molecule is Cc1cccc(NC(=O)[C@@H]2[C@@H]3C=C[C@]4(O3)[C@@H]2C(=O)N(CCN2CCCCCC2)[C@H]4C(=O)N[C@@H]2CCC[C@@H](C)[C@H]2C)c1. The smallest absolute Gasteiger partial charge is 0.246 e. The van der Waals surface area contributed by atoms with E-state index in [-0.39, 0.29) is 23.8 Å². The van der Waals surface area contributed by atoms with Crippen molar-refractivity contribution in [1.29, 1.82) is 0 Å². The monoisotopic (exact) mass is 562 g/mol. The number of likely N-dealkylation sites (tertiary alicyclic amines) is 2. The van der Waals surface area contributed by atoms with Gasteiger partial charge < -0.3 is 25.2 Å². The molecule has 3 saturated heterocycles. The lowest BCUT2D eigenvalue weighted by Crippen LogP contribution is -2.58. The van der Waals surface area contributed by atoms with Crippen molar-refractivity contribution < 1.29 is 19.1 Å². The van der Waals surface area contributed by atoms with Crippen LogP contribution in [0.25, 0.3) is 0 Å². The van der Waals surface area contributed by atoms with Crippen LogP contribution in [-0.2, 0) is 19.1 Å². The third kappa shape index (κ3) is 5.22. The van der Waals surface area contributed by atoms with Crippen molar-refractivity contribution in [2.24, 2.45) is 23.7 Å². The topological polar surface area (TPSA) is 91.0 Å². The Morgan fingerprint density at radius 2 is 1.80 bits per heavy atom. The molecule has 1 saturated carbocycles. The molecular formula is C33H46N4O4. The van der Waals surface area contributed by atoms with Crippen LogP contribution in [0, 0.1) is 30.6 Å². The molecule has 8 atom stereocenters. The van der Waals surface area contributed by atoms with Gasteiger partial charge in [0.2, 0.25) is 17.7 Å². The largest absolute Gasteiger partial charge is 0.359 e. The molecule has 0 unspecified atom stereocenters. The molecule has 8 nitrogen and oxygen atoms in total. The van der Waals surface area contributed by atoms with Crippen molar-refractivity contribution in [3.63, 3.8) is 0 Å². The number of hydrogen-bond donors (Lipinski definition) is 2. The highest BCUT2D eigenvalue weighted by atomic mass is 16.5. The van der Waals surface area contributed by atoms with Gasteiger partial charge in [-0.2, -0.15) is 0 Å². The Kier molecular flexibility index (Phi) is 7.98. The molecule has 8 heteroatoms. The van der Waals surface area contributed by atoms with E-state index >= 15 is 0 Å². The fourth-order valence-electron chi connectivity index (χ4n) is 8.11. The van der Waals surface area contributed by atoms with E-state index in [2.05, 4.69) is 29.4 Å². The summed E-state index contributed by atoms with van der Waals surface area (Å²) >= 11 is 0. The van der Waals surface area contributed by atoms with Crippen LogP contribution in [0.5, 0.6) is 0 Å². The van der Waals surface area contributed by atoms with Gasteiger partial charge in [-0.25, -0.2) is 0 Å². The Morgan fingerprint density at radius 3 is 2.56 bits per heavy atom. The van der Waals surface area contributed by atoms with Crippen LogP contribution in [0.1, 0.15) is 64.4 Å². The molecule has 1 aliphatic carbocycles. The number of carbonyl (C=O) groups excluding carboxylic acids is 3. The zero-order chi connectivity index (χ0) is 28.7. The van der Waals surface area contributed by atoms with Crippen molar-refractivity contribution in [1.82, 2.24) is 15.1 Å². The molecule has 4 heterocycles. The van der Waals surface area contributed by atoms with Gasteiger partial charge in [0, 0.05) is 24.8 Å². The molecule has 0 radical (unpaired) electrons. The first-order valence-corrected chi connectivity index (χ1v) is 15.9. The molecule has 2 bridgehead atoms. The number of ether oxygens (including phenoxy) is 1. The summed E-state index contributed by atoms with van der Waals surface area (Å²) in [5.74, 6) is -1.00. The number of aryl methyl sites for hydroxylation is 1. The molecule has 3 amide bonds. The molecule has 4 aliphatic heterocycles. The summed E-state index contributed by atoms with van der Waals surface area (Å²) in [6.07, 6.45) is 11.3. The van der Waals surface area contributed by atoms with Crippen molar-refractivity contribution in [2.75, 3.05) is 31.5 Å².